The maximum absolute atomic E-state index is 13.9. The molecule has 2 heterocycles. The van der Waals surface area contributed by atoms with Gasteiger partial charge in [0.1, 0.15) is 5.75 Å². The number of carbonyl (C=O) groups is 2. The molecule has 0 saturated heterocycles. The van der Waals surface area contributed by atoms with Crippen LogP contribution in [0.5, 0.6) is 17.2 Å². The van der Waals surface area contributed by atoms with Gasteiger partial charge in [-0.2, -0.15) is 0 Å². The third kappa shape index (κ3) is 5.04. The summed E-state index contributed by atoms with van der Waals surface area (Å²) in [6.07, 6.45) is 0.994. The Hall–Kier alpha value is -4.04. The molecule has 8 heteroatoms. The van der Waals surface area contributed by atoms with E-state index in [2.05, 4.69) is 10.6 Å². The lowest BCUT2D eigenvalue weighted by atomic mass is 9.73. The minimum atomic E-state index is -0.450. The maximum Gasteiger partial charge on any atom is 0.254 e. The second kappa shape index (κ2) is 11.0. The van der Waals surface area contributed by atoms with E-state index < -0.39 is 5.92 Å². The van der Waals surface area contributed by atoms with E-state index in [1.165, 1.54) is 0 Å². The second-order valence-corrected chi connectivity index (χ2v) is 11.1. The van der Waals surface area contributed by atoms with Crippen LogP contribution in [0.15, 0.2) is 77.1 Å². The van der Waals surface area contributed by atoms with Gasteiger partial charge >= 0.3 is 0 Å². The lowest BCUT2D eigenvalue weighted by molar-refractivity contribution is -0.116. The average molecular weight is 545 g/mol. The van der Waals surface area contributed by atoms with Gasteiger partial charge in [-0.15, -0.1) is 11.3 Å². The van der Waals surface area contributed by atoms with E-state index in [4.69, 9.17) is 14.2 Å². The number of para-hydroxylation sites is 2. The van der Waals surface area contributed by atoms with Gasteiger partial charge < -0.3 is 24.8 Å². The first-order valence-electron chi connectivity index (χ1n) is 12.8. The van der Waals surface area contributed by atoms with Crippen LogP contribution in [0, 0.1) is 6.92 Å². The Morgan fingerprint density at radius 2 is 1.67 bits per heavy atom. The Morgan fingerprint density at radius 3 is 2.36 bits per heavy atom. The molecule has 2 N–H and O–H groups in total. The predicted octanol–water partition coefficient (Wildman–Crippen LogP) is 6.08. The molecular weight excluding hydrogens is 512 g/mol. The molecule has 5 rings (SSSR count). The molecule has 2 unspecified atom stereocenters. The molecule has 0 fully saturated rings. The molecule has 1 aliphatic heterocycles. The zero-order chi connectivity index (χ0) is 27.7. The SMILES string of the molecule is COc1ccccc1NC(=O)C1=C(C)NC2=C(C(=O)CC(c3ccc(OC)c(OC)c3)C2)C1c1ccc(C)s1. The number of aryl methyl sites for hydroxylation is 1. The third-order valence-electron chi connectivity index (χ3n) is 7.35. The van der Waals surface area contributed by atoms with Crippen LogP contribution in [0.3, 0.4) is 0 Å². The molecule has 0 bridgehead atoms. The van der Waals surface area contributed by atoms with Crippen molar-refractivity contribution in [2.24, 2.45) is 0 Å². The summed E-state index contributed by atoms with van der Waals surface area (Å²) in [5, 5.41) is 6.47. The summed E-state index contributed by atoms with van der Waals surface area (Å²) in [4.78, 5) is 29.8. The van der Waals surface area contributed by atoms with Crippen LogP contribution in [0.2, 0.25) is 0 Å². The molecule has 2 atom stereocenters. The van der Waals surface area contributed by atoms with Crippen molar-refractivity contribution in [1.82, 2.24) is 5.32 Å². The van der Waals surface area contributed by atoms with Crippen LogP contribution in [0.4, 0.5) is 5.69 Å². The van der Waals surface area contributed by atoms with Crippen molar-refractivity contribution >= 4 is 28.7 Å². The van der Waals surface area contributed by atoms with Gasteiger partial charge in [0, 0.05) is 38.7 Å². The highest BCUT2D eigenvalue weighted by molar-refractivity contribution is 7.12. The van der Waals surface area contributed by atoms with Gasteiger partial charge in [0.25, 0.3) is 5.91 Å². The fraction of sp³-hybridized carbons (Fsp3) is 0.290. The van der Waals surface area contributed by atoms with Crippen molar-refractivity contribution < 1.29 is 23.8 Å². The first-order chi connectivity index (χ1) is 18.8. The number of ketones is 1. The molecule has 39 heavy (non-hydrogen) atoms. The predicted molar refractivity (Wildman–Crippen MR) is 153 cm³/mol. The summed E-state index contributed by atoms with van der Waals surface area (Å²) >= 11 is 1.61. The number of hydrogen-bond acceptors (Lipinski definition) is 7. The number of methoxy groups -OCH3 is 3. The quantitative estimate of drug-likeness (QED) is 0.375. The zero-order valence-electron chi connectivity index (χ0n) is 22.7. The van der Waals surface area contributed by atoms with Crippen molar-refractivity contribution in [2.45, 2.75) is 38.5 Å². The van der Waals surface area contributed by atoms with Crippen molar-refractivity contribution in [3.05, 3.63) is 92.5 Å². The number of ether oxygens (including phenoxy) is 3. The van der Waals surface area contributed by atoms with Crippen LogP contribution in [-0.2, 0) is 9.59 Å². The van der Waals surface area contributed by atoms with Crippen molar-refractivity contribution in [1.29, 1.82) is 0 Å². The number of carbonyl (C=O) groups excluding carboxylic acids is 2. The number of rotatable bonds is 7. The molecule has 2 aromatic carbocycles. The third-order valence-corrected chi connectivity index (χ3v) is 8.42. The Kier molecular flexibility index (Phi) is 7.48. The van der Waals surface area contributed by atoms with E-state index in [-0.39, 0.29) is 17.6 Å². The molecule has 0 radical (unpaired) electrons. The summed E-state index contributed by atoms with van der Waals surface area (Å²) in [5.74, 6) is 1.16. The minimum Gasteiger partial charge on any atom is -0.495 e. The molecule has 2 aliphatic rings. The lowest BCUT2D eigenvalue weighted by Crippen LogP contribution is -2.36. The number of thiophene rings is 1. The summed E-state index contributed by atoms with van der Waals surface area (Å²) in [5.41, 5.74) is 4.41. The molecule has 3 aromatic rings. The largest absolute Gasteiger partial charge is 0.495 e. The van der Waals surface area contributed by atoms with Crippen LogP contribution >= 0.6 is 11.3 Å². The first-order valence-corrected chi connectivity index (χ1v) is 13.6. The van der Waals surface area contributed by atoms with E-state index in [1.807, 2.05) is 56.3 Å². The van der Waals surface area contributed by atoms with E-state index >= 15 is 0 Å². The van der Waals surface area contributed by atoms with Gasteiger partial charge in [0.2, 0.25) is 0 Å². The Balaban J connectivity index is 1.53. The lowest BCUT2D eigenvalue weighted by Gasteiger charge is -2.36. The number of amides is 1. The van der Waals surface area contributed by atoms with Crippen LogP contribution in [0.25, 0.3) is 0 Å². The maximum atomic E-state index is 13.9. The fourth-order valence-electron chi connectivity index (χ4n) is 5.51. The van der Waals surface area contributed by atoms with Gasteiger partial charge in [-0.25, -0.2) is 0 Å². The van der Waals surface area contributed by atoms with Crippen LogP contribution in [-0.4, -0.2) is 33.0 Å². The molecule has 0 saturated carbocycles. The number of Topliss-reactive ketones (excluding diaryl/α,β-unsaturated/α-hetero) is 1. The Labute approximate surface area is 232 Å². The second-order valence-electron chi connectivity index (χ2n) is 9.73. The summed E-state index contributed by atoms with van der Waals surface area (Å²) in [6.45, 7) is 3.93. The average Bonchev–Trinajstić information content (AvgIpc) is 3.37. The van der Waals surface area contributed by atoms with Gasteiger partial charge in [0.05, 0.1) is 32.9 Å². The van der Waals surface area contributed by atoms with Gasteiger partial charge in [0.15, 0.2) is 17.3 Å². The number of nitrogens with one attached hydrogen (secondary N) is 2. The van der Waals surface area contributed by atoms with Gasteiger partial charge in [-0.1, -0.05) is 18.2 Å². The number of benzene rings is 2. The van der Waals surface area contributed by atoms with E-state index in [9.17, 15) is 9.59 Å². The molecule has 1 aliphatic carbocycles. The summed E-state index contributed by atoms with van der Waals surface area (Å²) < 4.78 is 16.3. The molecular formula is C31H32N2O5S. The first kappa shape index (κ1) is 26.6. The molecule has 0 spiro atoms. The number of hydrogen-bond donors (Lipinski definition) is 2. The van der Waals surface area contributed by atoms with Crippen LogP contribution < -0.4 is 24.8 Å². The van der Waals surface area contributed by atoms with Crippen molar-refractivity contribution in [3.8, 4) is 17.2 Å². The van der Waals surface area contributed by atoms with Crippen molar-refractivity contribution in [2.75, 3.05) is 26.6 Å². The van der Waals surface area contributed by atoms with Gasteiger partial charge in [-0.3, -0.25) is 9.59 Å². The number of anilines is 1. The molecule has 7 nitrogen and oxygen atoms in total. The van der Waals surface area contributed by atoms with Gasteiger partial charge in [-0.05, 0) is 68.1 Å². The topological polar surface area (TPSA) is 85.9 Å². The monoisotopic (exact) mass is 544 g/mol. The highest BCUT2D eigenvalue weighted by Gasteiger charge is 2.41. The van der Waals surface area contributed by atoms with Crippen molar-refractivity contribution in [3.63, 3.8) is 0 Å². The minimum absolute atomic E-state index is 0.0222. The Bertz CT molecular complexity index is 1500. The molecule has 202 valence electrons. The smallest absolute Gasteiger partial charge is 0.254 e. The highest BCUT2D eigenvalue weighted by Crippen LogP contribution is 2.48. The highest BCUT2D eigenvalue weighted by atomic mass is 32.1. The van der Waals surface area contributed by atoms with E-state index in [1.54, 1.807) is 44.8 Å². The summed E-state index contributed by atoms with van der Waals surface area (Å²) in [6, 6.07) is 17.2. The number of dihydropyridines is 1. The van der Waals surface area contributed by atoms with E-state index in [0.29, 0.717) is 46.9 Å². The molecule has 1 aromatic heterocycles. The fourth-order valence-corrected chi connectivity index (χ4v) is 6.51. The summed E-state index contributed by atoms with van der Waals surface area (Å²) in [7, 11) is 4.78. The number of allylic oxidation sites excluding steroid dienone is 3. The zero-order valence-corrected chi connectivity index (χ0v) is 23.5. The molecule has 1 amide bonds. The van der Waals surface area contributed by atoms with Crippen LogP contribution in [0.1, 0.15) is 46.9 Å². The van der Waals surface area contributed by atoms with E-state index in [0.717, 1.165) is 26.7 Å². The normalized spacial score (nSPS) is 18.8. The standard InChI is InChI=1S/C31H32N2O5S/c1-17-10-13-27(39-17)30-28(31(35)33-21-8-6-7-9-24(21)36-3)18(2)32-22-14-20(15-23(34)29(22)30)19-11-12-25(37-4)26(16-19)38-5/h6-13,16,20,30,32H,14-15H2,1-5H3,(H,33,35). The Morgan fingerprint density at radius 1 is 0.923 bits per heavy atom.